The van der Waals surface area contributed by atoms with Crippen LogP contribution in [0, 0.1) is 5.92 Å². The Hall–Kier alpha value is -1.45. The molecule has 1 aliphatic heterocycles. The average Bonchev–Trinajstić information content (AvgIpc) is 2.30. The summed E-state index contributed by atoms with van der Waals surface area (Å²) in [5.74, 6) is 1.47. The molecule has 4 heteroatoms. The fraction of sp³-hybridized carbons (Fsp3) is 0.583. The number of ketones is 1. The zero-order valence-electron chi connectivity index (χ0n) is 9.81. The van der Waals surface area contributed by atoms with Crippen LogP contribution in [0.3, 0.4) is 0 Å². The second-order valence-corrected chi connectivity index (χ2v) is 4.47. The van der Waals surface area contributed by atoms with E-state index in [0.29, 0.717) is 11.6 Å². The van der Waals surface area contributed by atoms with Crippen LogP contribution < -0.4 is 4.90 Å². The van der Waals surface area contributed by atoms with Gasteiger partial charge in [-0.2, -0.15) is 0 Å². The summed E-state index contributed by atoms with van der Waals surface area (Å²) < 4.78 is 0. The van der Waals surface area contributed by atoms with Crippen LogP contribution in [0.4, 0.5) is 5.95 Å². The monoisotopic (exact) mass is 219 g/mol. The Balaban J connectivity index is 2.14. The molecule has 1 aromatic rings. The Morgan fingerprint density at radius 2 is 2.12 bits per heavy atom. The number of hydrogen-bond acceptors (Lipinski definition) is 4. The summed E-state index contributed by atoms with van der Waals surface area (Å²) in [6, 6.07) is 1.67. The first-order chi connectivity index (χ1) is 7.66. The van der Waals surface area contributed by atoms with E-state index in [1.165, 1.54) is 19.8 Å². The normalized spacial score (nSPS) is 17.5. The maximum atomic E-state index is 11.2. The predicted octanol–water partition coefficient (Wildman–Crippen LogP) is 1.92. The molecule has 0 amide bonds. The van der Waals surface area contributed by atoms with E-state index in [9.17, 15) is 4.79 Å². The summed E-state index contributed by atoms with van der Waals surface area (Å²) in [6.07, 6.45) is 4.01. The first-order valence-electron chi connectivity index (χ1n) is 5.76. The van der Waals surface area contributed by atoms with Crippen LogP contribution in [0.25, 0.3) is 0 Å². The van der Waals surface area contributed by atoms with Crippen LogP contribution >= 0.6 is 0 Å². The van der Waals surface area contributed by atoms with Gasteiger partial charge in [0.15, 0.2) is 5.78 Å². The minimum Gasteiger partial charge on any atom is -0.341 e. The predicted molar refractivity (Wildman–Crippen MR) is 62.6 cm³/mol. The van der Waals surface area contributed by atoms with Gasteiger partial charge < -0.3 is 4.90 Å². The van der Waals surface area contributed by atoms with E-state index >= 15 is 0 Å². The third-order valence-electron chi connectivity index (χ3n) is 3.07. The first-order valence-corrected chi connectivity index (χ1v) is 5.76. The van der Waals surface area contributed by atoms with Gasteiger partial charge in [0.1, 0.15) is 5.69 Å². The second-order valence-electron chi connectivity index (χ2n) is 4.47. The summed E-state index contributed by atoms with van der Waals surface area (Å²) in [7, 11) is 0. The van der Waals surface area contributed by atoms with Gasteiger partial charge in [-0.3, -0.25) is 4.79 Å². The van der Waals surface area contributed by atoms with Crippen molar-refractivity contribution in [1.82, 2.24) is 9.97 Å². The Labute approximate surface area is 95.7 Å². The summed E-state index contributed by atoms with van der Waals surface area (Å²) in [5.41, 5.74) is 0.503. The van der Waals surface area contributed by atoms with E-state index in [0.717, 1.165) is 19.0 Å². The zero-order chi connectivity index (χ0) is 11.5. The Kier molecular flexibility index (Phi) is 3.17. The molecule has 2 heterocycles. The van der Waals surface area contributed by atoms with Crippen molar-refractivity contribution in [3.05, 3.63) is 18.0 Å². The summed E-state index contributed by atoms with van der Waals surface area (Å²) >= 11 is 0. The lowest BCUT2D eigenvalue weighted by Crippen LogP contribution is -2.34. The smallest absolute Gasteiger partial charge is 0.225 e. The molecule has 1 saturated heterocycles. The van der Waals surface area contributed by atoms with Crippen molar-refractivity contribution in [1.29, 1.82) is 0 Å². The van der Waals surface area contributed by atoms with E-state index in [2.05, 4.69) is 21.8 Å². The Bertz CT molecular complexity index is 384. The molecule has 2 rings (SSSR count). The van der Waals surface area contributed by atoms with E-state index in [4.69, 9.17) is 0 Å². The highest BCUT2D eigenvalue weighted by atomic mass is 16.1. The molecule has 0 unspecified atom stereocenters. The molecule has 1 fully saturated rings. The SMILES string of the molecule is CC(=O)c1ccnc(N2CCC(C)CC2)n1. The number of anilines is 1. The topological polar surface area (TPSA) is 46.1 Å². The van der Waals surface area contributed by atoms with Crippen molar-refractivity contribution in [2.45, 2.75) is 26.7 Å². The number of aromatic nitrogens is 2. The molecule has 0 bridgehead atoms. The lowest BCUT2D eigenvalue weighted by Gasteiger charge is -2.30. The zero-order valence-corrected chi connectivity index (χ0v) is 9.81. The molecule has 1 aromatic heterocycles. The average molecular weight is 219 g/mol. The number of nitrogens with zero attached hydrogens (tertiary/aromatic N) is 3. The van der Waals surface area contributed by atoms with Gasteiger partial charge in [0, 0.05) is 26.2 Å². The number of hydrogen-bond donors (Lipinski definition) is 0. The van der Waals surface area contributed by atoms with E-state index < -0.39 is 0 Å². The van der Waals surface area contributed by atoms with Crippen LogP contribution in [0.15, 0.2) is 12.3 Å². The van der Waals surface area contributed by atoms with Gasteiger partial charge in [-0.15, -0.1) is 0 Å². The first kappa shape index (κ1) is 11.0. The second kappa shape index (κ2) is 4.60. The highest BCUT2D eigenvalue weighted by Crippen LogP contribution is 2.19. The largest absolute Gasteiger partial charge is 0.341 e. The van der Waals surface area contributed by atoms with Crippen molar-refractivity contribution in [3.63, 3.8) is 0 Å². The van der Waals surface area contributed by atoms with Crippen LogP contribution in [0.2, 0.25) is 0 Å². The molecule has 0 saturated carbocycles. The van der Waals surface area contributed by atoms with E-state index in [1.807, 2.05) is 0 Å². The molecule has 0 atom stereocenters. The minimum atomic E-state index is -0.00553. The maximum absolute atomic E-state index is 11.2. The molecule has 0 N–H and O–H groups in total. The van der Waals surface area contributed by atoms with Crippen molar-refractivity contribution >= 4 is 11.7 Å². The maximum Gasteiger partial charge on any atom is 0.225 e. The van der Waals surface area contributed by atoms with Gasteiger partial charge in [0.05, 0.1) is 0 Å². The molecular formula is C12H17N3O. The fourth-order valence-corrected chi connectivity index (χ4v) is 1.91. The van der Waals surface area contributed by atoms with Gasteiger partial charge in [-0.1, -0.05) is 6.92 Å². The van der Waals surface area contributed by atoms with Gasteiger partial charge in [-0.25, -0.2) is 9.97 Å². The van der Waals surface area contributed by atoms with Crippen LogP contribution in [-0.4, -0.2) is 28.8 Å². The van der Waals surface area contributed by atoms with Gasteiger partial charge in [-0.05, 0) is 24.8 Å². The molecule has 0 aromatic carbocycles. The Morgan fingerprint density at radius 3 is 2.75 bits per heavy atom. The third-order valence-corrected chi connectivity index (χ3v) is 3.07. The summed E-state index contributed by atoms with van der Waals surface area (Å²) in [4.78, 5) is 21.9. The van der Waals surface area contributed by atoms with Gasteiger partial charge in [0.25, 0.3) is 0 Å². The molecular weight excluding hydrogens is 202 g/mol. The van der Waals surface area contributed by atoms with Crippen LogP contribution in [-0.2, 0) is 0 Å². The summed E-state index contributed by atoms with van der Waals surface area (Å²) in [6.45, 7) is 5.78. The van der Waals surface area contributed by atoms with Gasteiger partial charge >= 0.3 is 0 Å². The third kappa shape index (κ3) is 2.38. The number of Topliss-reactive ketones (excluding diaryl/α,β-unsaturated/α-hetero) is 1. The molecule has 1 aliphatic rings. The van der Waals surface area contributed by atoms with Crippen molar-refractivity contribution in [2.24, 2.45) is 5.92 Å². The molecule has 86 valence electrons. The van der Waals surface area contributed by atoms with Crippen LogP contribution in [0.5, 0.6) is 0 Å². The highest BCUT2D eigenvalue weighted by Gasteiger charge is 2.18. The van der Waals surface area contributed by atoms with Crippen molar-refractivity contribution < 1.29 is 4.79 Å². The molecule has 0 spiro atoms. The van der Waals surface area contributed by atoms with Crippen molar-refractivity contribution in [2.75, 3.05) is 18.0 Å². The van der Waals surface area contributed by atoms with Gasteiger partial charge in [0.2, 0.25) is 5.95 Å². The lowest BCUT2D eigenvalue weighted by molar-refractivity contribution is 0.101. The molecule has 16 heavy (non-hydrogen) atoms. The minimum absolute atomic E-state index is 0.00553. The fourth-order valence-electron chi connectivity index (χ4n) is 1.91. The molecule has 0 aliphatic carbocycles. The summed E-state index contributed by atoms with van der Waals surface area (Å²) in [5, 5.41) is 0. The number of piperidine rings is 1. The number of carbonyl (C=O) groups is 1. The quantitative estimate of drug-likeness (QED) is 0.713. The molecule has 4 nitrogen and oxygen atoms in total. The Morgan fingerprint density at radius 1 is 1.44 bits per heavy atom. The number of rotatable bonds is 2. The standard InChI is InChI=1S/C12H17N3O/c1-9-4-7-15(8-5-9)12-13-6-3-11(14-12)10(2)16/h3,6,9H,4-5,7-8H2,1-2H3. The molecule has 0 radical (unpaired) electrons. The van der Waals surface area contributed by atoms with Crippen LogP contribution in [0.1, 0.15) is 37.2 Å². The van der Waals surface area contributed by atoms with Crippen molar-refractivity contribution in [3.8, 4) is 0 Å². The van der Waals surface area contributed by atoms with E-state index in [1.54, 1.807) is 12.3 Å². The lowest BCUT2D eigenvalue weighted by atomic mass is 10.00. The highest BCUT2D eigenvalue weighted by molar-refractivity contribution is 5.92. The number of carbonyl (C=O) groups excluding carboxylic acids is 1. The van der Waals surface area contributed by atoms with E-state index in [-0.39, 0.29) is 5.78 Å².